The zero-order chi connectivity index (χ0) is 19.5. The number of rotatable bonds is 6. The number of carbonyl (C=O) groups excluding carboxylic acids is 1. The van der Waals surface area contributed by atoms with E-state index in [9.17, 15) is 4.79 Å². The van der Waals surface area contributed by atoms with Gasteiger partial charge in [-0.25, -0.2) is 9.97 Å². The molecule has 0 radical (unpaired) electrons. The molecule has 0 fully saturated rings. The van der Waals surface area contributed by atoms with E-state index in [2.05, 4.69) is 32.7 Å². The van der Waals surface area contributed by atoms with Crippen LogP contribution in [0.25, 0.3) is 5.65 Å². The number of aromatic nitrogens is 5. The van der Waals surface area contributed by atoms with Gasteiger partial charge in [-0.3, -0.25) is 14.3 Å². The average Bonchev–Trinajstić information content (AvgIpc) is 3.32. The Morgan fingerprint density at radius 2 is 2.07 bits per heavy atom. The second-order valence-corrected chi connectivity index (χ2v) is 7.23. The summed E-state index contributed by atoms with van der Waals surface area (Å²) in [6.45, 7) is 3.56. The standard InChI is InChI=1S/C19H19N7OS/c1-3-13-10-16(25-24-13)22-19-23-18(11-17-20-8-9-26(17)19)28-15-6-4-14(5-7-15)21-12(2)27/h4-11H,3H2,1-2H3,(H,21,27)(H2,22,23,24,25). The van der Waals surface area contributed by atoms with E-state index in [1.807, 2.05) is 47.0 Å². The Morgan fingerprint density at radius 1 is 1.25 bits per heavy atom. The van der Waals surface area contributed by atoms with Gasteiger partial charge in [0, 0.05) is 47.7 Å². The molecule has 0 aliphatic carbocycles. The fourth-order valence-corrected chi connectivity index (χ4v) is 3.50. The van der Waals surface area contributed by atoms with Gasteiger partial charge in [-0.05, 0) is 30.7 Å². The van der Waals surface area contributed by atoms with Crippen molar-refractivity contribution in [2.24, 2.45) is 0 Å². The van der Waals surface area contributed by atoms with E-state index in [4.69, 9.17) is 4.98 Å². The van der Waals surface area contributed by atoms with Crippen molar-refractivity contribution in [2.75, 3.05) is 10.6 Å². The first-order valence-corrected chi connectivity index (χ1v) is 9.63. The number of imidazole rings is 1. The molecule has 28 heavy (non-hydrogen) atoms. The molecular formula is C19H19N7OS. The molecule has 3 N–H and O–H groups in total. The normalized spacial score (nSPS) is 10.9. The Balaban J connectivity index is 1.59. The molecule has 4 aromatic rings. The summed E-state index contributed by atoms with van der Waals surface area (Å²) < 4.78 is 1.88. The van der Waals surface area contributed by atoms with Gasteiger partial charge in [-0.15, -0.1) is 0 Å². The quantitative estimate of drug-likeness (QED) is 0.430. The number of aromatic amines is 1. The number of hydrogen-bond donors (Lipinski definition) is 3. The largest absolute Gasteiger partial charge is 0.326 e. The van der Waals surface area contributed by atoms with Crippen LogP contribution in [0.5, 0.6) is 0 Å². The van der Waals surface area contributed by atoms with Crippen molar-refractivity contribution in [3.63, 3.8) is 0 Å². The SMILES string of the molecule is CCc1cc(Nc2nc(Sc3ccc(NC(C)=O)cc3)cc3nccn23)n[nH]1. The molecule has 4 rings (SSSR count). The van der Waals surface area contributed by atoms with Gasteiger partial charge in [-0.1, -0.05) is 18.7 Å². The van der Waals surface area contributed by atoms with Gasteiger partial charge in [0.2, 0.25) is 11.9 Å². The molecule has 0 saturated heterocycles. The van der Waals surface area contributed by atoms with Crippen molar-refractivity contribution in [3.05, 3.63) is 54.5 Å². The summed E-state index contributed by atoms with van der Waals surface area (Å²) in [5.74, 6) is 1.26. The van der Waals surface area contributed by atoms with Crippen LogP contribution in [0.2, 0.25) is 0 Å². The predicted molar refractivity (Wildman–Crippen MR) is 109 cm³/mol. The molecule has 1 amide bonds. The number of anilines is 3. The van der Waals surface area contributed by atoms with Gasteiger partial charge < -0.3 is 10.6 Å². The predicted octanol–water partition coefficient (Wildman–Crippen LogP) is 3.87. The highest BCUT2D eigenvalue weighted by atomic mass is 32.2. The maximum Gasteiger partial charge on any atom is 0.221 e. The highest BCUT2D eigenvalue weighted by molar-refractivity contribution is 7.99. The van der Waals surface area contributed by atoms with Crippen molar-refractivity contribution < 1.29 is 4.79 Å². The molecule has 1 aromatic carbocycles. The van der Waals surface area contributed by atoms with E-state index < -0.39 is 0 Å². The fraction of sp³-hybridized carbons (Fsp3) is 0.158. The molecule has 0 spiro atoms. The molecule has 0 atom stereocenters. The molecule has 8 nitrogen and oxygen atoms in total. The van der Waals surface area contributed by atoms with Crippen LogP contribution < -0.4 is 10.6 Å². The van der Waals surface area contributed by atoms with Crippen molar-refractivity contribution in [3.8, 4) is 0 Å². The number of benzene rings is 1. The Kier molecular flexibility index (Phi) is 4.98. The van der Waals surface area contributed by atoms with E-state index in [0.29, 0.717) is 11.8 Å². The zero-order valence-electron chi connectivity index (χ0n) is 15.4. The fourth-order valence-electron chi connectivity index (χ4n) is 2.69. The Bertz CT molecular complexity index is 1120. The number of H-pyrrole nitrogens is 1. The summed E-state index contributed by atoms with van der Waals surface area (Å²) in [6.07, 6.45) is 4.47. The third kappa shape index (κ3) is 3.99. The van der Waals surface area contributed by atoms with Crippen molar-refractivity contribution in [2.45, 2.75) is 30.2 Å². The molecule has 0 aliphatic heterocycles. The lowest BCUT2D eigenvalue weighted by Gasteiger charge is -2.09. The summed E-state index contributed by atoms with van der Waals surface area (Å²) in [5.41, 5.74) is 2.61. The summed E-state index contributed by atoms with van der Waals surface area (Å²) in [4.78, 5) is 21.3. The molecule has 3 heterocycles. The number of carbonyl (C=O) groups is 1. The Morgan fingerprint density at radius 3 is 2.79 bits per heavy atom. The molecular weight excluding hydrogens is 374 g/mol. The number of aryl methyl sites for hydroxylation is 1. The van der Waals surface area contributed by atoms with Gasteiger partial charge >= 0.3 is 0 Å². The van der Waals surface area contributed by atoms with Gasteiger partial charge in [0.15, 0.2) is 5.82 Å². The minimum atomic E-state index is -0.0906. The lowest BCUT2D eigenvalue weighted by atomic mass is 10.3. The van der Waals surface area contributed by atoms with Gasteiger partial charge in [-0.2, -0.15) is 5.10 Å². The Hall–Kier alpha value is -3.33. The highest BCUT2D eigenvalue weighted by Crippen LogP contribution is 2.29. The topological polar surface area (TPSA) is 100 Å². The number of hydrogen-bond acceptors (Lipinski definition) is 6. The van der Waals surface area contributed by atoms with Crippen molar-refractivity contribution >= 4 is 40.8 Å². The van der Waals surface area contributed by atoms with E-state index >= 15 is 0 Å². The van der Waals surface area contributed by atoms with E-state index in [1.54, 1.807) is 6.20 Å². The summed E-state index contributed by atoms with van der Waals surface area (Å²) >= 11 is 1.52. The first-order valence-electron chi connectivity index (χ1n) is 8.81. The van der Waals surface area contributed by atoms with Crippen LogP contribution in [0.4, 0.5) is 17.5 Å². The average molecular weight is 393 g/mol. The Labute approximate surface area is 165 Å². The van der Waals surface area contributed by atoms with Crippen molar-refractivity contribution in [1.29, 1.82) is 0 Å². The first kappa shape index (κ1) is 18.1. The molecule has 0 saturated carbocycles. The maximum atomic E-state index is 11.1. The number of nitrogens with one attached hydrogen (secondary N) is 3. The monoisotopic (exact) mass is 393 g/mol. The van der Waals surface area contributed by atoms with Crippen LogP contribution in [0.1, 0.15) is 19.5 Å². The van der Waals surface area contributed by atoms with Crippen molar-refractivity contribution in [1.82, 2.24) is 24.6 Å². The van der Waals surface area contributed by atoms with Crippen LogP contribution in [0.15, 0.2) is 58.7 Å². The maximum absolute atomic E-state index is 11.1. The highest BCUT2D eigenvalue weighted by Gasteiger charge is 2.10. The molecule has 0 aliphatic rings. The second-order valence-electron chi connectivity index (χ2n) is 6.14. The number of fused-ring (bicyclic) bond motifs is 1. The first-order chi connectivity index (χ1) is 13.6. The lowest BCUT2D eigenvalue weighted by Crippen LogP contribution is -2.05. The van der Waals surface area contributed by atoms with Gasteiger partial charge in [0.05, 0.1) is 0 Å². The lowest BCUT2D eigenvalue weighted by molar-refractivity contribution is -0.114. The third-order valence-electron chi connectivity index (χ3n) is 4.02. The smallest absolute Gasteiger partial charge is 0.221 e. The molecule has 3 aromatic heterocycles. The number of amides is 1. The second kappa shape index (κ2) is 7.73. The van der Waals surface area contributed by atoms with Gasteiger partial charge in [0.25, 0.3) is 0 Å². The van der Waals surface area contributed by atoms with Crippen LogP contribution in [0, 0.1) is 0 Å². The number of nitrogens with zero attached hydrogens (tertiary/aromatic N) is 4. The van der Waals surface area contributed by atoms with E-state index in [1.165, 1.54) is 18.7 Å². The minimum absolute atomic E-state index is 0.0906. The third-order valence-corrected chi connectivity index (χ3v) is 4.94. The minimum Gasteiger partial charge on any atom is -0.326 e. The van der Waals surface area contributed by atoms with Crippen LogP contribution in [-0.4, -0.2) is 30.5 Å². The molecule has 0 bridgehead atoms. The van der Waals surface area contributed by atoms with E-state index in [0.717, 1.165) is 33.4 Å². The molecule has 0 unspecified atom stereocenters. The summed E-state index contributed by atoms with van der Waals surface area (Å²) in [7, 11) is 0. The van der Waals surface area contributed by atoms with Gasteiger partial charge in [0.1, 0.15) is 10.7 Å². The summed E-state index contributed by atoms with van der Waals surface area (Å²) in [6, 6.07) is 11.5. The van der Waals surface area contributed by atoms with Crippen LogP contribution in [-0.2, 0) is 11.2 Å². The van der Waals surface area contributed by atoms with Crippen LogP contribution >= 0.6 is 11.8 Å². The van der Waals surface area contributed by atoms with Crippen LogP contribution in [0.3, 0.4) is 0 Å². The van der Waals surface area contributed by atoms with E-state index in [-0.39, 0.29) is 5.91 Å². The molecule has 9 heteroatoms. The molecule has 142 valence electrons. The summed E-state index contributed by atoms with van der Waals surface area (Å²) in [5, 5.41) is 14.1. The zero-order valence-corrected chi connectivity index (χ0v) is 16.2.